The molecule has 0 radical (unpaired) electrons. The molecule has 6 heteroatoms. The molecule has 0 bridgehead atoms. The van der Waals surface area contributed by atoms with Crippen molar-refractivity contribution in [2.24, 2.45) is 4.99 Å². The van der Waals surface area contributed by atoms with Crippen molar-refractivity contribution in [3.05, 3.63) is 47.5 Å². The molecule has 120 valence electrons. The van der Waals surface area contributed by atoms with E-state index < -0.39 is 5.97 Å². The number of phenols is 1. The average molecular weight is 315 g/mol. The van der Waals surface area contributed by atoms with Crippen LogP contribution in [-0.4, -0.2) is 38.6 Å². The highest BCUT2D eigenvalue weighted by atomic mass is 16.5. The number of rotatable bonds is 5. The van der Waals surface area contributed by atoms with Gasteiger partial charge in [-0.3, -0.25) is 4.99 Å². The van der Waals surface area contributed by atoms with Gasteiger partial charge in [0.15, 0.2) is 0 Å². The number of hydrogen-bond acceptors (Lipinski definition) is 6. The maximum atomic E-state index is 11.6. The summed E-state index contributed by atoms with van der Waals surface area (Å²) in [6.45, 7) is 0. The predicted octanol–water partition coefficient (Wildman–Crippen LogP) is 2.95. The normalized spacial score (nSPS) is 10.6. The van der Waals surface area contributed by atoms with Gasteiger partial charge in [0, 0.05) is 12.3 Å². The monoisotopic (exact) mass is 315 g/mol. The number of phenolic OH excluding ortho intramolecular Hbond substituents is 1. The summed E-state index contributed by atoms with van der Waals surface area (Å²) in [6.07, 6.45) is 1.56. The van der Waals surface area contributed by atoms with Crippen LogP contribution in [0.3, 0.4) is 0 Å². The van der Waals surface area contributed by atoms with Gasteiger partial charge in [-0.15, -0.1) is 0 Å². The highest BCUT2D eigenvalue weighted by Gasteiger charge is 2.11. The largest absolute Gasteiger partial charge is 0.507 e. The van der Waals surface area contributed by atoms with Gasteiger partial charge in [0.25, 0.3) is 0 Å². The van der Waals surface area contributed by atoms with E-state index in [0.717, 1.165) is 0 Å². The summed E-state index contributed by atoms with van der Waals surface area (Å²) in [5.74, 6) is 0.484. The number of nitrogens with zero attached hydrogens (tertiary/aromatic N) is 1. The molecule has 0 aromatic heterocycles. The van der Waals surface area contributed by atoms with Crippen molar-refractivity contribution in [3.63, 3.8) is 0 Å². The van der Waals surface area contributed by atoms with Crippen molar-refractivity contribution in [2.75, 3.05) is 21.3 Å². The highest BCUT2D eigenvalue weighted by Crippen LogP contribution is 2.31. The standard InChI is InChI=1S/C17H17NO5/c1-21-12-5-7-16(22-2)14(9-12)18-10-11-4-6-15(19)13(8-11)17(20)23-3/h4-10,19H,1-3H3. The second-order valence-electron chi connectivity index (χ2n) is 4.56. The number of benzene rings is 2. The predicted molar refractivity (Wildman–Crippen MR) is 86.2 cm³/mol. The first kappa shape index (κ1) is 16.4. The van der Waals surface area contributed by atoms with E-state index in [4.69, 9.17) is 9.47 Å². The minimum atomic E-state index is -0.614. The zero-order chi connectivity index (χ0) is 16.8. The van der Waals surface area contributed by atoms with Crippen LogP contribution in [-0.2, 0) is 4.74 Å². The Labute approximate surface area is 134 Å². The second kappa shape index (κ2) is 7.31. The molecule has 0 saturated carbocycles. The smallest absolute Gasteiger partial charge is 0.341 e. The van der Waals surface area contributed by atoms with Crippen LogP contribution in [0.15, 0.2) is 41.4 Å². The van der Waals surface area contributed by atoms with Crippen LogP contribution in [0, 0.1) is 0 Å². The number of ether oxygens (including phenoxy) is 3. The first-order chi connectivity index (χ1) is 11.1. The molecule has 0 aliphatic heterocycles. The summed E-state index contributed by atoms with van der Waals surface area (Å²) >= 11 is 0. The molecule has 0 unspecified atom stereocenters. The molecule has 2 aromatic carbocycles. The van der Waals surface area contributed by atoms with Crippen LogP contribution in [0.2, 0.25) is 0 Å². The third-order valence-corrected chi connectivity index (χ3v) is 3.16. The van der Waals surface area contributed by atoms with Gasteiger partial charge in [0.1, 0.15) is 28.5 Å². The van der Waals surface area contributed by atoms with E-state index in [1.54, 1.807) is 44.7 Å². The molecule has 23 heavy (non-hydrogen) atoms. The fraction of sp³-hybridized carbons (Fsp3) is 0.176. The molecule has 1 N–H and O–H groups in total. The third-order valence-electron chi connectivity index (χ3n) is 3.16. The lowest BCUT2D eigenvalue weighted by atomic mass is 10.1. The van der Waals surface area contributed by atoms with Gasteiger partial charge >= 0.3 is 5.97 Å². The van der Waals surface area contributed by atoms with Gasteiger partial charge in [-0.1, -0.05) is 0 Å². The van der Waals surface area contributed by atoms with Gasteiger partial charge in [-0.25, -0.2) is 4.79 Å². The molecule has 0 atom stereocenters. The van der Waals surface area contributed by atoms with E-state index >= 15 is 0 Å². The molecule has 0 aliphatic carbocycles. The molecular formula is C17H17NO5. The van der Waals surface area contributed by atoms with Gasteiger partial charge in [0.2, 0.25) is 0 Å². The Morgan fingerprint density at radius 2 is 1.87 bits per heavy atom. The second-order valence-corrected chi connectivity index (χ2v) is 4.56. The number of hydrogen-bond donors (Lipinski definition) is 1. The molecule has 0 spiro atoms. The van der Waals surface area contributed by atoms with E-state index in [1.807, 2.05) is 0 Å². The summed E-state index contributed by atoms with van der Waals surface area (Å²) in [4.78, 5) is 15.9. The number of aliphatic imine (C=N–C) groups is 1. The van der Waals surface area contributed by atoms with Crippen molar-refractivity contribution in [1.82, 2.24) is 0 Å². The lowest BCUT2D eigenvalue weighted by Gasteiger charge is -2.07. The Morgan fingerprint density at radius 1 is 1.09 bits per heavy atom. The van der Waals surface area contributed by atoms with Crippen molar-refractivity contribution < 1.29 is 24.1 Å². The summed E-state index contributed by atoms with van der Waals surface area (Å²) < 4.78 is 15.0. The lowest BCUT2D eigenvalue weighted by molar-refractivity contribution is 0.0597. The highest BCUT2D eigenvalue weighted by molar-refractivity contribution is 5.95. The van der Waals surface area contributed by atoms with E-state index in [-0.39, 0.29) is 11.3 Å². The Balaban J connectivity index is 2.35. The Morgan fingerprint density at radius 3 is 2.52 bits per heavy atom. The summed E-state index contributed by atoms with van der Waals surface area (Å²) in [5, 5.41) is 9.69. The lowest BCUT2D eigenvalue weighted by Crippen LogP contribution is -2.02. The van der Waals surface area contributed by atoms with Gasteiger partial charge in [-0.2, -0.15) is 0 Å². The molecular weight excluding hydrogens is 298 g/mol. The minimum Gasteiger partial charge on any atom is -0.507 e. The van der Waals surface area contributed by atoms with E-state index in [1.165, 1.54) is 19.2 Å². The topological polar surface area (TPSA) is 77.4 Å². The third kappa shape index (κ3) is 3.79. The first-order valence-electron chi connectivity index (χ1n) is 6.76. The fourth-order valence-electron chi connectivity index (χ4n) is 1.95. The average Bonchev–Trinajstić information content (AvgIpc) is 2.59. The van der Waals surface area contributed by atoms with Crippen molar-refractivity contribution in [2.45, 2.75) is 0 Å². The molecule has 0 aliphatic rings. The molecule has 6 nitrogen and oxygen atoms in total. The number of carbonyl (C=O) groups excluding carboxylic acids is 1. The van der Waals surface area contributed by atoms with E-state index in [0.29, 0.717) is 22.7 Å². The summed E-state index contributed by atoms with van der Waals surface area (Å²) in [5.41, 5.74) is 1.29. The first-order valence-corrected chi connectivity index (χ1v) is 6.76. The number of carbonyl (C=O) groups is 1. The zero-order valence-electron chi connectivity index (χ0n) is 13.1. The molecule has 0 saturated heterocycles. The van der Waals surface area contributed by atoms with Crippen LogP contribution in [0.25, 0.3) is 0 Å². The van der Waals surface area contributed by atoms with Crippen molar-refractivity contribution in [3.8, 4) is 17.2 Å². The minimum absolute atomic E-state index is 0.0778. The van der Waals surface area contributed by atoms with Crippen molar-refractivity contribution in [1.29, 1.82) is 0 Å². The maximum Gasteiger partial charge on any atom is 0.341 e. The fourth-order valence-corrected chi connectivity index (χ4v) is 1.95. The van der Waals surface area contributed by atoms with Gasteiger partial charge < -0.3 is 19.3 Å². The molecule has 0 amide bonds. The number of aromatic hydroxyl groups is 1. The zero-order valence-corrected chi connectivity index (χ0v) is 13.1. The van der Waals surface area contributed by atoms with E-state index in [9.17, 15) is 9.90 Å². The van der Waals surface area contributed by atoms with Gasteiger partial charge in [0.05, 0.1) is 21.3 Å². The van der Waals surface area contributed by atoms with Crippen LogP contribution in [0.1, 0.15) is 15.9 Å². The van der Waals surface area contributed by atoms with Crippen LogP contribution in [0.4, 0.5) is 5.69 Å². The number of methoxy groups -OCH3 is 3. The summed E-state index contributed by atoms with van der Waals surface area (Å²) in [7, 11) is 4.37. The van der Waals surface area contributed by atoms with Gasteiger partial charge in [-0.05, 0) is 35.9 Å². The van der Waals surface area contributed by atoms with E-state index in [2.05, 4.69) is 9.73 Å². The molecule has 0 heterocycles. The molecule has 0 fully saturated rings. The van der Waals surface area contributed by atoms with Crippen LogP contribution < -0.4 is 9.47 Å². The summed E-state index contributed by atoms with van der Waals surface area (Å²) in [6, 6.07) is 9.80. The van der Waals surface area contributed by atoms with Crippen LogP contribution in [0.5, 0.6) is 17.2 Å². The number of esters is 1. The van der Waals surface area contributed by atoms with Crippen molar-refractivity contribution >= 4 is 17.9 Å². The Kier molecular flexibility index (Phi) is 5.19. The maximum absolute atomic E-state index is 11.6. The van der Waals surface area contributed by atoms with Crippen LogP contribution >= 0.6 is 0 Å². The molecule has 2 aromatic rings. The Hall–Kier alpha value is -3.02. The molecule has 2 rings (SSSR count). The Bertz CT molecular complexity index is 740. The SMILES string of the molecule is COC(=O)c1cc(C=Nc2cc(OC)ccc2OC)ccc1O. The quantitative estimate of drug-likeness (QED) is 0.678.